The van der Waals surface area contributed by atoms with Gasteiger partial charge in [0, 0.05) is 37.1 Å². The lowest BCUT2D eigenvalue weighted by molar-refractivity contribution is -0.100. The van der Waals surface area contributed by atoms with Gasteiger partial charge in [-0.25, -0.2) is 0 Å². The zero-order chi connectivity index (χ0) is 12.4. The molecule has 2 aliphatic heterocycles. The lowest BCUT2D eigenvalue weighted by Gasteiger charge is -2.43. The molecular formula is C13H26N2O2. The van der Waals surface area contributed by atoms with Crippen molar-refractivity contribution in [1.82, 2.24) is 10.2 Å². The van der Waals surface area contributed by atoms with Crippen molar-refractivity contribution in [3.05, 3.63) is 0 Å². The molecule has 2 fully saturated rings. The molecule has 0 spiro atoms. The fourth-order valence-corrected chi connectivity index (χ4v) is 2.50. The van der Waals surface area contributed by atoms with Gasteiger partial charge in [0.15, 0.2) is 0 Å². The van der Waals surface area contributed by atoms with E-state index in [1.54, 1.807) is 0 Å². The van der Waals surface area contributed by atoms with Crippen molar-refractivity contribution in [2.45, 2.75) is 26.3 Å². The van der Waals surface area contributed by atoms with Gasteiger partial charge in [-0.2, -0.15) is 0 Å². The van der Waals surface area contributed by atoms with Crippen LogP contribution in [-0.4, -0.2) is 63.0 Å². The zero-order valence-electron chi connectivity index (χ0n) is 11.4. The van der Waals surface area contributed by atoms with E-state index in [1.807, 2.05) is 0 Å². The number of nitrogens with zero attached hydrogens (tertiary/aromatic N) is 1. The topological polar surface area (TPSA) is 33.7 Å². The van der Waals surface area contributed by atoms with Crippen LogP contribution in [0.15, 0.2) is 0 Å². The Morgan fingerprint density at radius 3 is 2.35 bits per heavy atom. The predicted octanol–water partition coefficient (Wildman–Crippen LogP) is 0.723. The van der Waals surface area contributed by atoms with E-state index < -0.39 is 0 Å². The van der Waals surface area contributed by atoms with Crippen LogP contribution in [0.3, 0.4) is 0 Å². The molecule has 1 N–H and O–H groups in total. The maximum Gasteiger partial charge on any atom is 0.0594 e. The number of hydrogen-bond donors (Lipinski definition) is 1. The van der Waals surface area contributed by atoms with Crippen molar-refractivity contribution in [2.24, 2.45) is 5.41 Å². The normalized spacial score (nSPS) is 25.6. The smallest absolute Gasteiger partial charge is 0.0594 e. The van der Waals surface area contributed by atoms with Crippen LogP contribution in [0, 0.1) is 5.41 Å². The molecule has 0 aromatic heterocycles. The maximum atomic E-state index is 5.40. The molecule has 2 rings (SSSR count). The quantitative estimate of drug-likeness (QED) is 0.770. The lowest BCUT2D eigenvalue weighted by Crippen LogP contribution is -2.56. The number of rotatable bonds is 5. The summed E-state index contributed by atoms with van der Waals surface area (Å²) >= 11 is 0. The second-order valence-electron chi connectivity index (χ2n) is 6.32. The fraction of sp³-hybridized carbons (Fsp3) is 1.00. The van der Waals surface area contributed by atoms with Crippen molar-refractivity contribution >= 4 is 0 Å². The molecule has 2 heterocycles. The highest BCUT2D eigenvalue weighted by molar-refractivity contribution is 4.88. The van der Waals surface area contributed by atoms with Gasteiger partial charge in [0.2, 0.25) is 0 Å². The highest BCUT2D eigenvalue weighted by atomic mass is 16.5. The van der Waals surface area contributed by atoms with Crippen LogP contribution in [0.4, 0.5) is 0 Å². The summed E-state index contributed by atoms with van der Waals surface area (Å²) < 4.78 is 10.7. The molecule has 0 aromatic rings. The molecule has 0 aliphatic carbocycles. The summed E-state index contributed by atoms with van der Waals surface area (Å²) in [5.41, 5.74) is 0.575. The van der Waals surface area contributed by atoms with Crippen LogP contribution in [-0.2, 0) is 9.47 Å². The Morgan fingerprint density at radius 2 is 1.82 bits per heavy atom. The summed E-state index contributed by atoms with van der Waals surface area (Å²) in [6, 6.07) is 0. The molecule has 0 bridgehead atoms. The minimum Gasteiger partial charge on any atom is -0.380 e. The van der Waals surface area contributed by atoms with E-state index in [4.69, 9.17) is 9.47 Å². The standard InChI is InChI=1S/C13H26N2O2/c1-12(2,15-4-6-16-7-5-15)8-14-9-13(3)10-17-11-13/h14H,4-11H2,1-3H3. The van der Waals surface area contributed by atoms with E-state index >= 15 is 0 Å². The third-order valence-corrected chi connectivity index (χ3v) is 3.88. The Balaban J connectivity index is 1.72. The van der Waals surface area contributed by atoms with Gasteiger partial charge in [-0.05, 0) is 13.8 Å². The summed E-state index contributed by atoms with van der Waals surface area (Å²) in [4.78, 5) is 2.52. The SMILES string of the molecule is CC1(CNCC(C)(C)N2CCOCC2)COC1. The first-order chi connectivity index (χ1) is 8.02. The van der Waals surface area contributed by atoms with Crippen molar-refractivity contribution < 1.29 is 9.47 Å². The van der Waals surface area contributed by atoms with Gasteiger partial charge in [0.05, 0.1) is 26.4 Å². The van der Waals surface area contributed by atoms with E-state index in [0.29, 0.717) is 5.41 Å². The van der Waals surface area contributed by atoms with Gasteiger partial charge in [-0.1, -0.05) is 6.92 Å². The third-order valence-electron chi connectivity index (χ3n) is 3.88. The van der Waals surface area contributed by atoms with Gasteiger partial charge >= 0.3 is 0 Å². The molecule has 4 nitrogen and oxygen atoms in total. The first kappa shape index (κ1) is 13.3. The molecule has 0 unspecified atom stereocenters. The first-order valence-corrected chi connectivity index (χ1v) is 6.63. The van der Waals surface area contributed by atoms with Crippen LogP contribution in [0.25, 0.3) is 0 Å². The first-order valence-electron chi connectivity index (χ1n) is 6.63. The number of morpholine rings is 1. The summed E-state index contributed by atoms with van der Waals surface area (Å²) in [6.07, 6.45) is 0. The highest BCUT2D eigenvalue weighted by Gasteiger charge is 2.34. The van der Waals surface area contributed by atoms with Gasteiger partial charge in [0.1, 0.15) is 0 Å². The zero-order valence-corrected chi connectivity index (χ0v) is 11.4. The summed E-state index contributed by atoms with van der Waals surface area (Å²) in [5.74, 6) is 0. The Labute approximate surface area is 105 Å². The molecule has 2 aliphatic rings. The second kappa shape index (κ2) is 5.22. The third kappa shape index (κ3) is 3.41. The van der Waals surface area contributed by atoms with E-state index in [2.05, 4.69) is 31.0 Å². The van der Waals surface area contributed by atoms with Gasteiger partial charge in [-0.15, -0.1) is 0 Å². The summed E-state index contributed by atoms with van der Waals surface area (Å²) in [6.45, 7) is 14.6. The van der Waals surface area contributed by atoms with Crippen LogP contribution in [0.1, 0.15) is 20.8 Å². The highest BCUT2D eigenvalue weighted by Crippen LogP contribution is 2.25. The summed E-state index contributed by atoms with van der Waals surface area (Å²) in [7, 11) is 0. The van der Waals surface area contributed by atoms with E-state index in [-0.39, 0.29) is 5.54 Å². The van der Waals surface area contributed by atoms with Gasteiger partial charge < -0.3 is 14.8 Å². The average Bonchev–Trinajstić information content (AvgIpc) is 2.28. The minimum atomic E-state index is 0.213. The monoisotopic (exact) mass is 242 g/mol. The molecule has 0 aromatic carbocycles. The van der Waals surface area contributed by atoms with E-state index in [1.165, 1.54) is 0 Å². The van der Waals surface area contributed by atoms with Gasteiger partial charge in [-0.3, -0.25) is 4.90 Å². The Hall–Kier alpha value is -0.160. The second-order valence-corrected chi connectivity index (χ2v) is 6.32. The van der Waals surface area contributed by atoms with Crippen molar-refractivity contribution in [2.75, 3.05) is 52.6 Å². The van der Waals surface area contributed by atoms with Gasteiger partial charge in [0.25, 0.3) is 0 Å². The van der Waals surface area contributed by atoms with Crippen LogP contribution >= 0.6 is 0 Å². The number of hydrogen-bond acceptors (Lipinski definition) is 4. The van der Waals surface area contributed by atoms with Crippen LogP contribution < -0.4 is 5.32 Å². The Kier molecular flexibility index (Phi) is 4.08. The van der Waals surface area contributed by atoms with E-state index in [9.17, 15) is 0 Å². The molecule has 0 amide bonds. The average molecular weight is 242 g/mol. The lowest BCUT2D eigenvalue weighted by atomic mass is 9.88. The Morgan fingerprint density at radius 1 is 1.18 bits per heavy atom. The van der Waals surface area contributed by atoms with E-state index in [0.717, 1.165) is 52.6 Å². The molecule has 0 atom stereocenters. The Bertz CT molecular complexity index is 246. The molecular weight excluding hydrogens is 216 g/mol. The van der Waals surface area contributed by atoms with Crippen molar-refractivity contribution in [3.8, 4) is 0 Å². The molecule has 100 valence electrons. The van der Waals surface area contributed by atoms with Crippen molar-refractivity contribution in [3.63, 3.8) is 0 Å². The molecule has 17 heavy (non-hydrogen) atoms. The molecule has 0 saturated carbocycles. The summed E-state index contributed by atoms with van der Waals surface area (Å²) in [5, 5.41) is 3.60. The van der Waals surface area contributed by atoms with Crippen molar-refractivity contribution in [1.29, 1.82) is 0 Å². The maximum absolute atomic E-state index is 5.40. The largest absolute Gasteiger partial charge is 0.380 e. The molecule has 2 saturated heterocycles. The molecule has 0 radical (unpaired) electrons. The predicted molar refractivity (Wildman–Crippen MR) is 68.3 cm³/mol. The number of ether oxygens (including phenoxy) is 2. The van der Waals surface area contributed by atoms with Crippen LogP contribution in [0.5, 0.6) is 0 Å². The fourth-order valence-electron chi connectivity index (χ4n) is 2.50. The number of nitrogens with one attached hydrogen (secondary N) is 1. The minimum absolute atomic E-state index is 0.213. The molecule has 4 heteroatoms. The van der Waals surface area contributed by atoms with Crippen LogP contribution in [0.2, 0.25) is 0 Å².